The molecule has 0 aromatic carbocycles. The summed E-state index contributed by atoms with van der Waals surface area (Å²) in [6, 6.07) is 0. The average molecular weight is 300 g/mol. The maximum absolute atomic E-state index is 12.1. The fraction of sp³-hybridized carbons (Fsp3) is 0.944. The van der Waals surface area contributed by atoms with Crippen molar-refractivity contribution in [3.8, 4) is 0 Å². The minimum absolute atomic E-state index is 0.199. The Morgan fingerprint density at radius 2 is 1.48 bits per heavy atom. The van der Waals surface area contributed by atoms with Crippen LogP contribution in [0, 0.1) is 11.8 Å². The van der Waals surface area contributed by atoms with Crippen molar-refractivity contribution in [1.82, 2.24) is 0 Å². The number of hydrogen-bond acceptors (Lipinski definition) is 3. The normalized spacial score (nSPS) is 13.1. The van der Waals surface area contributed by atoms with Gasteiger partial charge in [-0.3, -0.25) is 4.79 Å². The Balaban J connectivity index is 3.84. The zero-order valence-corrected chi connectivity index (χ0v) is 14.8. The van der Waals surface area contributed by atoms with Crippen LogP contribution in [-0.2, 0) is 14.3 Å². The van der Waals surface area contributed by atoms with Crippen molar-refractivity contribution in [1.29, 1.82) is 0 Å². The van der Waals surface area contributed by atoms with E-state index in [2.05, 4.69) is 27.7 Å². The standard InChI is InChI=1S/C18H36O3/c1-15(2)10-6-7-12-17(19)18(14-20-5)21-13-9-8-11-16(3)4/h15-16,18H,6-14H2,1-5H3. The van der Waals surface area contributed by atoms with Crippen molar-refractivity contribution in [3.63, 3.8) is 0 Å². The molecule has 3 nitrogen and oxygen atoms in total. The topological polar surface area (TPSA) is 35.5 Å². The maximum atomic E-state index is 12.1. The van der Waals surface area contributed by atoms with Gasteiger partial charge in [-0.25, -0.2) is 0 Å². The van der Waals surface area contributed by atoms with E-state index in [1.165, 1.54) is 19.3 Å². The SMILES string of the molecule is COCC(OCCCCC(C)C)C(=O)CCCCC(C)C. The van der Waals surface area contributed by atoms with Crippen LogP contribution in [0.5, 0.6) is 0 Å². The van der Waals surface area contributed by atoms with Crippen molar-refractivity contribution in [3.05, 3.63) is 0 Å². The minimum atomic E-state index is -0.368. The maximum Gasteiger partial charge on any atom is 0.163 e. The van der Waals surface area contributed by atoms with E-state index in [1.807, 2.05) is 0 Å². The smallest absolute Gasteiger partial charge is 0.163 e. The molecule has 126 valence electrons. The van der Waals surface area contributed by atoms with E-state index in [-0.39, 0.29) is 11.9 Å². The molecule has 0 amide bonds. The molecule has 0 fully saturated rings. The first-order valence-corrected chi connectivity index (χ1v) is 8.60. The second-order valence-electron chi connectivity index (χ2n) is 6.81. The number of methoxy groups -OCH3 is 1. The van der Waals surface area contributed by atoms with Gasteiger partial charge in [-0.05, 0) is 24.7 Å². The van der Waals surface area contributed by atoms with Crippen molar-refractivity contribution >= 4 is 5.78 Å². The van der Waals surface area contributed by atoms with Gasteiger partial charge in [-0.2, -0.15) is 0 Å². The number of Topliss-reactive ketones (excluding diaryl/α,β-unsaturated/α-hetero) is 1. The molecule has 0 aromatic rings. The van der Waals surface area contributed by atoms with Crippen molar-refractivity contribution in [2.75, 3.05) is 20.3 Å². The molecule has 1 unspecified atom stereocenters. The summed E-state index contributed by atoms with van der Waals surface area (Å²) in [5.74, 6) is 1.65. The Bertz CT molecular complexity index is 249. The highest BCUT2D eigenvalue weighted by molar-refractivity contribution is 5.83. The quantitative estimate of drug-likeness (QED) is 0.439. The molecule has 3 heteroatoms. The summed E-state index contributed by atoms with van der Waals surface area (Å²) in [4.78, 5) is 12.1. The van der Waals surface area contributed by atoms with Gasteiger partial charge in [0.2, 0.25) is 0 Å². The van der Waals surface area contributed by atoms with Gasteiger partial charge in [0.1, 0.15) is 6.10 Å². The fourth-order valence-corrected chi connectivity index (χ4v) is 2.28. The summed E-state index contributed by atoms with van der Waals surface area (Å²) in [7, 11) is 1.63. The molecule has 0 spiro atoms. The minimum Gasteiger partial charge on any atom is -0.382 e. The predicted molar refractivity (Wildman–Crippen MR) is 88.6 cm³/mol. The van der Waals surface area contributed by atoms with E-state index in [0.717, 1.165) is 25.2 Å². The highest BCUT2D eigenvalue weighted by atomic mass is 16.5. The lowest BCUT2D eigenvalue weighted by atomic mass is 10.0. The molecule has 0 N–H and O–H groups in total. The molecule has 0 saturated carbocycles. The lowest BCUT2D eigenvalue weighted by Crippen LogP contribution is -2.29. The molecule has 0 saturated heterocycles. The van der Waals surface area contributed by atoms with E-state index >= 15 is 0 Å². The summed E-state index contributed by atoms with van der Waals surface area (Å²) in [5.41, 5.74) is 0. The summed E-state index contributed by atoms with van der Waals surface area (Å²) in [6.45, 7) is 9.95. The number of unbranched alkanes of at least 4 members (excludes halogenated alkanes) is 2. The summed E-state index contributed by atoms with van der Waals surface area (Å²) in [5, 5.41) is 0. The van der Waals surface area contributed by atoms with Gasteiger partial charge in [-0.15, -0.1) is 0 Å². The third-order valence-electron chi connectivity index (χ3n) is 3.63. The number of carbonyl (C=O) groups is 1. The van der Waals surface area contributed by atoms with Crippen LogP contribution in [0.3, 0.4) is 0 Å². The molecule has 21 heavy (non-hydrogen) atoms. The van der Waals surface area contributed by atoms with E-state index in [0.29, 0.717) is 25.6 Å². The van der Waals surface area contributed by atoms with Gasteiger partial charge >= 0.3 is 0 Å². The van der Waals surface area contributed by atoms with E-state index in [1.54, 1.807) is 7.11 Å². The first-order chi connectivity index (χ1) is 9.97. The Morgan fingerprint density at radius 3 is 2.00 bits per heavy atom. The van der Waals surface area contributed by atoms with Crippen LogP contribution in [0.15, 0.2) is 0 Å². The zero-order valence-electron chi connectivity index (χ0n) is 14.8. The molecule has 0 aromatic heterocycles. The fourth-order valence-electron chi connectivity index (χ4n) is 2.28. The molecule has 0 rings (SSSR count). The van der Waals surface area contributed by atoms with E-state index < -0.39 is 0 Å². The second-order valence-corrected chi connectivity index (χ2v) is 6.81. The Kier molecular flexibility index (Phi) is 13.0. The second kappa shape index (κ2) is 13.3. The average Bonchev–Trinajstić information content (AvgIpc) is 2.41. The first kappa shape index (κ1) is 20.6. The molecule has 0 aliphatic rings. The molecule has 1 atom stereocenters. The van der Waals surface area contributed by atoms with Crippen LogP contribution in [0.2, 0.25) is 0 Å². The van der Waals surface area contributed by atoms with Crippen LogP contribution in [0.4, 0.5) is 0 Å². The highest BCUT2D eigenvalue weighted by Crippen LogP contribution is 2.11. The summed E-state index contributed by atoms with van der Waals surface area (Å²) >= 11 is 0. The van der Waals surface area contributed by atoms with Gasteiger partial charge in [0.05, 0.1) is 6.61 Å². The van der Waals surface area contributed by atoms with Crippen LogP contribution in [-0.4, -0.2) is 32.2 Å². The summed E-state index contributed by atoms with van der Waals surface area (Å²) < 4.78 is 10.8. The molecular formula is C18H36O3. The predicted octanol–water partition coefficient (Wildman–Crippen LogP) is 4.63. The van der Waals surface area contributed by atoms with Crippen LogP contribution in [0.25, 0.3) is 0 Å². The Hall–Kier alpha value is -0.410. The summed E-state index contributed by atoms with van der Waals surface area (Å²) in [6.07, 6.45) is 6.95. The van der Waals surface area contributed by atoms with Crippen molar-refractivity contribution in [2.24, 2.45) is 11.8 Å². The first-order valence-electron chi connectivity index (χ1n) is 8.60. The van der Waals surface area contributed by atoms with Gasteiger partial charge in [0.25, 0.3) is 0 Å². The molecule has 0 aliphatic carbocycles. The van der Waals surface area contributed by atoms with Crippen LogP contribution < -0.4 is 0 Å². The molecule has 0 heterocycles. The molecular weight excluding hydrogens is 264 g/mol. The third kappa shape index (κ3) is 13.0. The van der Waals surface area contributed by atoms with E-state index in [4.69, 9.17) is 9.47 Å². The Labute approximate surface area is 131 Å². The number of ether oxygens (including phenoxy) is 2. The van der Waals surface area contributed by atoms with Gasteiger partial charge < -0.3 is 9.47 Å². The van der Waals surface area contributed by atoms with Gasteiger partial charge in [0.15, 0.2) is 5.78 Å². The molecule has 0 bridgehead atoms. The largest absolute Gasteiger partial charge is 0.382 e. The zero-order chi connectivity index (χ0) is 16.1. The number of carbonyl (C=O) groups excluding carboxylic acids is 1. The van der Waals surface area contributed by atoms with Crippen LogP contribution in [0.1, 0.15) is 72.6 Å². The van der Waals surface area contributed by atoms with Crippen LogP contribution >= 0.6 is 0 Å². The third-order valence-corrected chi connectivity index (χ3v) is 3.63. The van der Waals surface area contributed by atoms with Gasteiger partial charge in [0, 0.05) is 20.1 Å². The lowest BCUT2D eigenvalue weighted by molar-refractivity contribution is -0.134. The van der Waals surface area contributed by atoms with Crippen molar-refractivity contribution in [2.45, 2.75) is 78.7 Å². The van der Waals surface area contributed by atoms with E-state index in [9.17, 15) is 4.79 Å². The lowest BCUT2D eigenvalue weighted by Gasteiger charge is -2.16. The Morgan fingerprint density at radius 1 is 0.905 bits per heavy atom. The monoisotopic (exact) mass is 300 g/mol. The molecule has 0 aliphatic heterocycles. The molecule has 0 radical (unpaired) electrons. The number of hydrogen-bond donors (Lipinski definition) is 0. The highest BCUT2D eigenvalue weighted by Gasteiger charge is 2.18. The van der Waals surface area contributed by atoms with Crippen molar-refractivity contribution < 1.29 is 14.3 Å². The van der Waals surface area contributed by atoms with Gasteiger partial charge in [-0.1, -0.05) is 53.4 Å². The number of rotatable bonds is 14. The number of ketones is 1.